The number of carbonyl (C=O) groups excluding carboxylic acids is 1. The molecule has 0 saturated heterocycles. The molecule has 4 heteroatoms. The standard InChI is InChI=1S/C9H4ClFOS/c10-6-1-7-5(3-12)4-13-9(7)8(11)2-6/h1-4H. The zero-order valence-electron chi connectivity index (χ0n) is 6.38. The third kappa shape index (κ3) is 1.34. The fourth-order valence-corrected chi connectivity index (χ4v) is 2.28. The first kappa shape index (κ1) is 8.66. The SMILES string of the molecule is O=Cc1csc2c(F)cc(Cl)cc12. The lowest BCUT2D eigenvalue weighted by Gasteiger charge is -1.94. The summed E-state index contributed by atoms with van der Waals surface area (Å²) in [6.07, 6.45) is 0.703. The van der Waals surface area contributed by atoms with Gasteiger partial charge >= 0.3 is 0 Å². The highest BCUT2D eigenvalue weighted by Gasteiger charge is 2.08. The lowest BCUT2D eigenvalue weighted by Crippen LogP contribution is -1.78. The van der Waals surface area contributed by atoms with E-state index in [2.05, 4.69) is 0 Å². The van der Waals surface area contributed by atoms with E-state index in [1.54, 1.807) is 11.4 Å². The first-order chi connectivity index (χ1) is 6.22. The van der Waals surface area contributed by atoms with Crippen molar-refractivity contribution in [2.75, 3.05) is 0 Å². The molecule has 1 heterocycles. The molecule has 0 aliphatic heterocycles. The van der Waals surface area contributed by atoms with E-state index in [4.69, 9.17) is 11.6 Å². The Labute approximate surface area is 82.7 Å². The molecule has 0 N–H and O–H groups in total. The third-order valence-electron chi connectivity index (χ3n) is 1.75. The molecule has 0 bridgehead atoms. The van der Waals surface area contributed by atoms with Crippen molar-refractivity contribution in [3.8, 4) is 0 Å². The second-order valence-electron chi connectivity index (χ2n) is 2.57. The molecule has 0 fully saturated rings. The van der Waals surface area contributed by atoms with Crippen LogP contribution in [0.25, 0.3) is 10.1 Å². The Bertz CT molecular complexity index is 478. The van der Waals surface area contributed by atoms with Crippen molar-refractivity contribution in [2.45, 2.75) is 0 Å². The average Bonchev–Trinajstić information content (AvgIpc) is 2.47. The summed E-state index contributed by atoms with van der Waals surface area (Å²) in [5.74, 6) is -0.374. The minimum absolute atomic E-state index is 0.312. The van der Waals surface area contributed by atoms with Gasteiger partial charge in [0.25, 0.3) is 0 Å². The Morgan fingerprint density at radius 2 is 2.23 bits per heavy atom. The van der Waals surface area contributed by atoms with Crippen LogP contribution in [0, 0.1) is 5.82 Å². The van der Waals surface area contributed by atoms with Gasteiger partial charge in [-0.2, -0.15) is 0 Å². The van der Waals surface area contributed by atoms with Crippen molar-refractivity contribution >= 4 is 39.3 Å². The van der Waals surface area contributed by atoms with Gasteiger partial charge in [-0.05, 0) is 12.1 Å². The van der Waals surface area contributed by atoms with Crippen LogP contribution in [0.3, 0.4) is 0 Å². The maximum Gasteiger partial charge on any atom is 0.151 e. The van der Waals surface area contributed by atoms with Crippen molar-refractivity contribution in [3.63, 3.8) is 0 Å². The van der Waals surface area contributed by atoms with Gasteiger partial charge in [-0.15, -0.1) is 11.3 Å². The maximum absolute atomic E-state index is 13.2. The molecule has 1 aromatic carbocycles. The van der Waals surface area contributed by atoms with E-state index in [-0.39, 0.29) is 5.82 Å². The zero-order chi connectivity index (χ0) is 9.42. The summed E-state index contributed by atoms with van der Waals surface area (Å²) in [5, 5.41) is 2.52. The molecule has 0 atom stereocenters. The second-order valence-corrected chi connectivity index (χ2v) is 3.89. The third-order valence-corrected chi connectivity index (χ3v) is 2.99. The van der Waals surface area contributed by atoms with E-state index in [1.165, 1.54) is 17.4 Å². The lowest BCUT2D eigenvalue weighted by atomic mass is 10.2. The van der Waals surface area contributed by atoms with Gasteiger partial charge in [0, 0.05) is 21.4 Å². The molecule has 0 amide bonds. The number of halogens is 2. The first-order valence-corrected chi connectivity index (χ1v) is 4.79. The minimum Gasteiger partial charge on any atom is -0.298 e. The van der Waals surface area contributed by atoms with E-state index in [0.717, 1.165) is 0 Å². The number of rotatable bonds is 1. The smallest absolute Gasteiger partial charge is 0.151 e. The van der Waals surface area contributed by atoms with E-state index in [0.29, 0.717) is 27.0 Å². The van der Waals surface area contributed by atoms with Crippen LogP contribution in [0.4, 0.5) is 4.39 Å². The van der Waals surface area contributed by atoms with Crippen LogP contribution < -0.4 is 0 Å². The lowest BCUT2D eigenvalue weighted by molar-refractivity contribution is 0.112. The molecule has 2 rings (SSSR count). The number of hydrogen-bond donors (Lipinski definition) is 0. The van der Waals surface area contributed by atoms with Gasteiger partial charge in [0.05, 0.1) is 4.70 Å². The summed E-state index contributed by atoms with van der Waals surface area (Å²) in [6, 6.07) is 2.84. The van der Waals surface area contributed by atoms with Gasteiger partial charge in [0.15, 0.2) is 6.29 Å². The molecule has 0 unspecified atom stereocenters. The number of aldehydes is 1. The monoisotopic (exact) mass is 214 g/mol. The topological polar surface area (TPSA) is 17.1 Å². The number of hydrogen-bond acceptors (Lipinski definition) is 2. The van der Waals surface area contributed by atoms with Gasteiger partial charge < -0.3 is 0 Å². The number of benzene rings is 1. The fraction of sp³-hybridized carbons (Fsp3) is 0. The maximum atomic E-state index is 13.2. The summed E-state index contributed by atoms with van der Waals surface area (Å²) in [4.78, 5) is 10.5. The highest BCUT2D eigenvalue weighted by molar-refractivity contribution is 7.17. The summed E-state index contributed by atoms with van der Waals surface area (Å²) < 4.78 is 13.7. The molecule has 1 nitrogen and oxygen atoms in total. The molecule has 13 heavy (non-hydrogen) atoms. The van der Waals surface area contributed by atoms with E-state index >= 15 is 0 Å². The first-order valence-electron chi connectivity index (χ1n) is 3.54. The van der Waals surface area contributed by atoms with Crippen LogP contribution in [0.1, 0.15) is 10.4 Å². The Morgan fingerprint density at radius 1 is 1.46 bits per heavy atom. The molecular weight excluding hydrogens is 211 g/mol. The quantitative estimate of drug-likeness (QED) is 0.664. The molecule has 0 aliphatic rings. The Morgan fingerprint density at radius 3 is 2.92 bits per heavy atom. The van der Waals surface area contributed by atoms with Crippen molar-refractivity contribution < 1.29 is 9.18 Å². The van der Waals surface area contributed by atoms with Crippen LogP contribution >= 0.6 is 22.9 Å². The molecule has 66 valence electrons. The average molecular weight is 215 g/mol. The second kappa shape index (κ2) is 3.09. The molecule has 2 aromatic rings. The molecule has 0 spiro atoms. The Hall–Kier alpha value is -0.930. The minimum atomic E-state index is -0.374. The number of thiophene rings is 1. The van der Waals surface area contributed by atoms with Crippen LogP contribution in [-0.2, 0) is 0 Å². The highest BCUT2D eigenvalue weighted by atomic mass is 35.5. The zero-order valence-corrected chi connectivity index (χ0v) is 7.95. The van der Waals surface area contributed by atoms with Crippen molar-refractivity contribution in [1.82, 2.24) is 0 Å². The summed E-state index contributed by atoms with van der Waals surface area (Å²) in [7, 11) is 0. The van der Waals surface area contributed by atoms with E-state index in [1.807, 2.05) is 0 Å². The molecule has 0 aliphatic carbocycles. The highest BCUT2D eigenvalue weighted by Crippen LogP contribution is 2.30. The van der Waals surface area contributed by atoms with Crippen molar-refractivity contribution in [1.29, 1.82) is 0 Å². The number of carbonyl (C=O) groups is 1. The summed E-state index contributed by atoms with van der Waals surface area (Å²) >= 11 is 6.87. The predicted molar refractivity (Wildman–Crippen MR) is 52.2 cm³/mol. The fourth-order valence-electron chi connectivity index (χ4n) is 1.17. The molecule has 0 radical (unpaired) electrons. The van der Waals surface area contributed by atoms with Gasteiger partial charge in [-0.3, -0.25) is 4.79 Å². The summed E-state index contributed by atoms with van der Waals surface area (Å²) in [6.45, 7) is 0. The van der Waals surface area contributed by atoms with Crippen LogP contribution in [0.15, 0.2) is 17.5 Å². The van der Waals surface area contributed by atoms with Gasteiger partial charge in [-0.1, -0.05) is 11.6 Å². The van der Waals surface area contributed by atoms with Gasteiger partial charge in [0.1, 0.15) is 5.82 Å². The molecular formula is C9H4ClFOS. The Kier molecular flexibility index (Phi) is 2.06. The molecule has 0 saturated carbocycles. The van der Waals surface area contributed by atoms with Gasteiger partial charge in [-0.25, -0.2) is 4.39 Å². The van der Waals surface area contributed by atoms with Crippen LogP contribution in [-0.4, -0.2) is 6.29 Å². The van der Waals surface area contributed by atoms with Crippen LogP contribution in [0.5, 0.6) is 0 Å². The van der Waals surface area contributed by atoms with Crippen molar-refractivity contribution in [3.05, 3.63) is 33.9 Å². The van der Waals surface area contributed by atoms with E-state index < -0.39 is 0 Å². The summed E-state index contributed by atoms with van der Waals surface area (Å²) in [5.41, 5.74) is 0.487. The predicted octanol–water partition coefficient (Wildman–Crippen LogP) is 3.51. The largest absolute Gasteiger partial charge is 0.298 e. The van der Waals surface area contributed by atoms with Crippen molar-refractivity contribution in [2.24, 2.45) is 0 Å². The molecule has 1 aromatic heterocycles. The number of fused-ring (bicyclic) bond motifs is 1. The van der Waals surface area contributed by atoms with E-state index in [9.17, 15) is 9.18 Å². The van der Waals surface area contributed by atoms with Crippen LogP contribution in [0.2, 0.25) is 5.02 Å². The normalized spacial score (nSPS) is 10.6. The van der Waals surface area contributed by atoms with Gasteiger partial charge in [0.2, 0.25) is 0 Å². The Balaban J connectivity index is 2.89.